The maximum absolute atomic E-state index is 12.7. The number of aryl methyl sites for hydroxylation is 1. The van der Waals surface area contributed by atoms with Gasteiger partial charge in [0.2, 0.25) is 10.0 Å². The SMILES string of the molecule is CCc1nc(CN2CCC(CNS(=O)(=O)c3cccc4c3N=S=N4)CC2)cs1. The van der Waals surface area contributed by atoms with Gasteiger partial charge in [-0.05, 0) is 50.4 Å². The zero-order valence-corrected chi connectivity index (χ0v) is 18.1. The molecule has 4 rings (SSSR count). The van der Waals surface area contributed by atoms with Gasteiger partial charge in [-0.3, -0.25) is 4.90 Å². The number of hydrogen-bond donors (Lipinski definition) is 1. The molecular formula is C18H23N5O2S3. The van der Waals surface area contributed by atoms with Crippen molar-refractivity contribution in [3.8, 4) is 0 Å². The van der Waals surface area contributed by atoms with Gasteiger partial charge in [-0.2, -0.15) is 8.73 Å². The van der Waals surface area contributed by atoms with Crippen molar-refractivity contribution in [1.82, 2.24) is 14.6 Å². The van der Waals surface area contributed by atoms with Crippen LogP contribution in [0.4, 0.5) is 11.4 Å². The van der Waals surface area contributed by atoms with Crippen LogP contribution in [0.15, 0.2) is 37.2 Å². The first-order valence-electron chi connectivity index (χ1n) is 9.41. The molecule has 1 aromatic heterocycles. The highest BCUT2D eigenvalue weighted by atomic mass is 32.2. The lowest BCUT2D eigenvalue weighted by Gasteiger charge is -2.31. The van der Waals surface area contributed by atoms with Crippen molar-refractivity contribution < 1.29 is 8.42 Å². The topological polar surface area (TPSA) is 87.0 Å². The molecule has 10 heteroatoms. The molecule has 1 saturated heterocycles. The molecule has 1 fully saturated rings. The van der Waals surface area contributed by atoms with Crippen LogP contribution in [0, 0.1) is 5.92 Å². The number of nitrogens with one attached hydrogen (secondary N) is 1. The summed E-state index contributed by atoms with van der Waals surface area (Å²) >= 11 is 2.76. The molecule has 2 aliphatic heterocycles. The molecule has 0 unspecified atom stereocenters. The summed E-state index contributed by atoms with van der Waals surface area (Å²) in [4.78, 5) is 7.26. The summed E-state index contributed by atoms with van der Waals surface area (Å²) in [6.45, 7) is 5.41. The summed E-state index contributed by atoms with van der Waals surface area (Å²) in [6.07, 6.45) is 2.95. The molecule has 0 atom stereocenters. The Hall–Kier alpha value is -1.46. The highest BCUT2D eigenvalue weighted by Gasteiger charge is 2.25. The number of hydrogen-bond acceptors (Lipinski definition) is 7. The van der Waals surface area contributed by atoms with E-state index >= 15 is 0 Å². The van der Waals surface area contributed by atoms with Crippen molar-refractivity contribution in [1.29, 1.82) is 0 Å². The van der Waals surface area contributed by atoms with Crippen molar-refractivity contribution in [2.45, 2.75) is 37.6 Å². The van der Waals surface area contributed by atoms with Crippen LogP contribution in [0.1, 0.15) is 30.5 Å². The summed E-state index contributed by atoms with van der Waals surface area (Å²) in [5.41, 5.74) is 2.21. The Labute approximate surface area is 173 Å². The number of thiazole rings is 1. The van der Waals surface area contributed by atoms with Crippen LogP contribution in [0.3, 0.4) is 0 Å². The minimum atomic E-state index is -3.59. The smallest absolute Gasteiger partial charge is 0.242 e. The second-order valence-electron chi connectivity index (χ2n) is 7.05. The molecular weight excluding hydrogens is 414 g/mol. The zero-order chi connectivity index (χ0) is 19.6. The lowest BCUT2D eigenvalue weighted by atomic mass is 9.97. The van der Waals surface area contributed by atoms with Crippen LogP contribution >= 0.6 is 11.3 Å². The second kappa shape index (κ2) is 8.50. The van der Waals surface area contributed by atoms with Crippen molar-refractivity contribution in [2.75, 3.05) is 19.6 Å². The number of likely N-dealkylation sites (tertiary alicyclic amines) is 1. The van der Waals surface area contributed by atoms with Crippen LogP contribution in [0.2, 0.25) is 0 Å². The van der Waals surface area contributed by atoms with Gasteiger partial charge in [0, 0.05) is 18.5 Å². The number of rotatable bonds is 7. The highest BCUT2D eigenvalue weighted by Crippen LogP contribution is 2.37. The van der Waals surface area contributed by atoms with E-state index < -0.39 is 10.0 Å². The van der Waals surface area contributed by atoms with Crippen LogP contribution in [0.25, 0.3) is 0 Å². The third-order valence-corrected chi connectivity index (χ3v) is 8.13. The highest BCUT2D eigenvalue weighted by molar-refractivity contribution is 7.89. The number of sulfonamides is 1. The normalized spacial score (nSPS) is 17.6. The molecule has 0 saturated carbocycles. The fourth-order valence-corrected chi connectivity index (χ4v) is 6.08. The monoisotopic (exact) mass is 437 g/mol. The molecule has 0 radical (unpaired) electrons. The predicted molar refractivity (Wildman–Crippen MR) is 113 cm³/mol. The van der Waals surface area contributed by atoms with Gasteiger partial charge in [-0.25, -0.2) is 18.1 Å². The van der Waals surface area contributed by atoms with Crippen molar-refractivity contribution in [2.24, 2.45) is 14.6 Å². The zero-order valence-electron chi connectivity index (χ0n) is 15.7. The minimum Gasteiger partial charge on any atom is -0.297 e. The summed E-state index contributed by atoms with van der Waals surface area (Å²) in [7, 11) is -3.59. The standard InChI is InChI=1S/C18H23N5O2S3/c1-2-17-20-14(12-26-17)11-23-8-6-13(7-9-23)10-19-28(24,25)16-5-3-4-15-18(16)22-27-21-15/h3-5,12-13,19H,2,6-11H2,1H3. The lowest BCUT2D eigenvalue weighted by molar-refractivity contribution is 0.177. The van der Waals surface area contributed by atoms with Crippen LogP contribution < -0.4 is 4.72 Å². The fraction of sp³-hybridized carbons (Fsp3) is 0.500. The van der Waals surface area contributed by atoms with Gasteiger partial charge >= 0.3 is 0 Å². The van der Waals surface area contributed by atoms with Crippen molar-refractivity contribution in [3.05, 3.63) is 34.3 Å². The average Bonchev–Trinajstić information content (AvgIpc) is 3.36. The fourth-order valence-electron chi connectivity index (χ4n) is 3.47. The molecule has 2 aliphatic rings. The molecule has 3 heterocycles. The summed E-state index contributed by atoms with van der Waals surface area (Å²) in [6, 6.07) is 5.08. The largest absolute Gasteiger partial charge is 0.297 e. The van der Waals surface area contributed by atoms with Gasteiger partial charge in [-0.15, -0.1) is 11.3 Å². The quantitative estimate of drug-likeness (QED) is 0.611. The lowest BCUT2D eigenvalue weighted by Crippen LogP contribution is -2.38. The molecule has 7 nitrogen and oxygen atoms in total. The third-order valence-electron chi connectivity index (χ3n) is 5.10. The Kier molecular flexibility index (Phi) is 6.02. The number of piperidine rings is 1. The van der Waals surface area contributed by atoms with E-state index in [0.29, 0.717) is 23.8 Å². The van der Waals surface area contributed by atoms with Crippen molar-refractivity contribution >= 4 is 44.1 Å². The van der Waals surface area contributed by atoms with E-state index in [1.54, 1.807) is 29.5 Å². The Morgan fingerprint density at radius 2 is 2.07 bits per heavy atom. The molecule has 150 valence electrons. The maximum atomic E-state index is 12.7. The molecule has 0 spiro atoms. The number of benzene rings is 1. The van der Waals surface area contributed by atoms with E-state index in [4.69, 9.17) is 0 Å². The van der Waals surface area contributed by atoms with E-state index in [-0.39, 0.29) is 4.90 Å². The molecule has 2 aromatic rings. The van der Waals surface area contributed by atoms with Crippen molar-refractivity contribution in [3.63, 3.8) is 0 Å². The average molecular weight is 438 g/mol. The molecule has 0 bridgehead atoms. The van der Waals surface area contributed by atoms with Gasteiger partial charge in [0.1, 0.15) is 16.3 Å². The first-order valence-corrected chi connectivity index (χ1v) is 12.5. The van der Waals surface area contributed by atoms with Gasteiger partial charge in [-0.1, -0.05) is 13.0 Å². The molecule has 28 heavy (non-hydrogen) atoms. The summed E-state index contributed by atoms with van der Waals surface area (Å²) in [5, 5.41) is 3.33. The van der Waals surface area contributed by atoms with E-state index in [2.05, 4.69) is 35.6 Å². The molecule has 0 aliphatic carbocycles. The Morgan fingerprint density at radius 3 is 2.82 bits per heavy atom. The maximum Gasteiger partial charge on any atom is 0.242 e. The van der Waals surface area contributed by atoms with Crippen LogP contribution in [0.5, 0.6) is 0 Å². The van der Waals surface area contributed by atoms with Gasteiger partial charge in [0.25, 0.3) is 0 Å². The van der Waals surface area contributed by atoms with Crippen LogP contribution in [-0.2, 0) is 34.3 Å². The second-order valence-corrected chi connectivity index (χ2v) is 10.3. The van der Waals surface area contributed by atoms with E-state index in [0.717, 1.165) is 55.9 Å². The predicted octanol–water partition coefficient (Wildman–Crippen LogP) is 3.62. The van der Waals surface area contributed by atoms with Crippen LogP contribution in [-0.4, -0.2) is 37.9 Å². The van der Waals surface area contributed by atoms with Gasteiger partial charge in [0.05, 0.1) is 22.1 Å². The minimum absolute atomic E-state index is 0.214. The first-order chi connectivity index (χ1) is 13.5. The number of aromatic nitrogens is 1. The van der Waals surface area contributed by atoms with E-state index in [9.17, 15) is 8.42 Å². The molecule has 0 amide bonds. The summed E-state index contributed by atoms with van der Waals surface area (Å²) < 4.78 is 36.5. The number of nitrogens with zero attached hydrogens (tertiary/aromatic N) is 4. The number of fused-ring (bicyclic) bond motifs is 1. The molecule has 1 N–H and O–H groups in total. The molecule has 1 aromatic carbocycles. The van der Waals surface area contributed by atoms with E-state index in [1.807, 2.05) is 0 Å². The summed E-state index contributed by atoms with van der Waals surface area (Å²) in [5.74, 6) is 0.348. The van der Waals surface area contributed by atoms with E-state index in [1.165, 1.54) is 5.01 Å². The first kappa shape index (κ1) is 19.8. The van der Waals surface area contributed by atoms with Gasteiger partial charge in [0.15, 0.2) is 0 Å². The third kappa shape index (κ3) is 4.41. The van der Waals surface area contributed by atoms with Gasteiger partial charge < -0.3 is 0 Å². The Balaban J connectivity index is 1.29. The Morgan fingerprint density at radius 1 is 1.25 bits per heavy atom. The Bertz CT molecular complexity index is 1020.